The van der Waals surface area contributed by atoms with Crippen LogP contribution < -0.4 is 0 Å². The Hall–Kier alpha value is -1.55. The number of rotatable bonds is 3. The molecule has 1 N–H and O–H groups in total. The van der Waals surface area contributed by atoms with Crippen molar-refractivity contribution in [2.75, 3.05) is 6.54 Å². The quantitative estimate of drug-likeness (QED) is 0.932. The van der Waals surface area contributed by atoms with Crippen molar-refractivity contribution in [2.45, 2.75) is 38.6 Å². The van der Waals surface area contributed by atoms with Crippen LogP contribution in [0, 0.1) is 6.92 Å². The molecule has 0 saturated carbocycles. The molecule has 0 radical (unpaired) electrons. The van der Waals surface area contributed by atoms with Crippen molar-refractivity contribution in [3.05, 3.63) is 34.3 Å². The average Bonchev–Trinajstić information content (AvgIpc) is 2.41. The fraction of sp³-hybridized carbons (Fsp3) is 0.467. The van der Waals surface area contributed by atoms with Gasteiger partial charge < -0.3 is 10.0 Å². The maximum absolute atomic E-state index is 12.6. The van der Waals surface area contributed by atoms with Gasteiger partial charge in [0.05, 0.1) is 17.0 Å². The highest BCUT2D eigenvalue weighted by atomic mass is 35.5. The minimum absolute atomic E-state index is 0.00479. The predicted molar refractivity (Wildman–Crippen MR) is 77.1 cm³/mol. The molecule has 1 fully saturated rings. The third-order valence-corrected chi connectivity index (χ3v) is 4.22. The molecule has 2 rings (SSSR count). The van der Waals surface area contributed by atoms with Crippen molar-refractivity contribution in [2.24, 2.45) is 0 Å². The average molecular weight is 296 g/mol. The second kappa shape index (κ2) is 6.27. The Balaban J connectivity index is 2.25. The lowest BCUT2D eigenvalue weighted by molar-refractivity contribution is -0.138. The van der Waals surface area contributed by atoms with Gasteiger partial charge >= 0.3 is 5.97 Å². The number of carboxylic acids is 1. The lowest BCUT2D eigenvalue weighted by Crippen LogP contribution is -2.44. The summed E-state index contributed by atoms with van der Waals surface area (Å²) in [4.78, 5) is 25.2. The molecule has 20 heavy (non-hydrogen) atoms. The zero-order chi connectivity index (χ0) is 14.7. The van der Waals surface area contributed by atoms with Crippen molar-refractivity contribution in [1.29, 1.82) is 0 Å². The molecule has 1 unspecified atom stereocenters. The molecular formula is C15H18ClNO3. The molecule has 1 aliphatic heterocycles. The monoisotopic (exact) mass is 295 g/mol. The van der Waals surface area contributed by atoms with Crippen LogP contribution in [0.5, 0.6) is 0 Å². The molecule has 5 heteroatoms. The van der Waals surface area contributed by atoms with Crippen LogP contribution in [-0.2, 0) is 4.79 Å². The Labute approximate surface area is 123 Å². The molecule has 1 heterocycles. The number of likely N-dealkylation sites (tertiary alicyclic amines) is 1. The van der Waals surface area contributed by atoms with Gasteiger partial charge in [0.15, 0.2) is 0 Å². The van der Waals surface area contributed by atoms with E-state index >= 15 is 0 Å². The maximum Gasteiger partial charge on any atom is 0.305 e. The molecule has 0 aromatic heterocycles. The number of halogens is 1. The van der Waals surface area contributed by atoms with Crippen LogP contribution in [-0.4, -0.2) is 34.5 Å². The van der Waals surface area contributed by atoms with Crippen molar-refractivity contribution in [3.8, 4) is 0 Å². The Kier molecular flexibility index (Phi) is 4.65. The first-order chi connectivity index (χ1) is 9.50. The number of carbonyl (C=O) groups excluding carboxylic acids is 1. The highest BCUT2D eigenvalue weighted by Crippen LogP contribution is 2.26. The number of aliphatic carboxylic acids is 1. The normalized spacial score (nSPS) is 18.9. The van der Waals surface area contributed by atoms with Gasteiger partial charge in [-0.25, -0.2) is 0 Å². The van der Waals surface area contributed by atoms with Gasteiger partial charge in [0, 0.05) is 12.6 Å². The van der Waals surface area contributed by atoms with Crippen LogP contribution in [0.3, 0.4) is 0 Å². The summed E-state index contributed by atoms with van der Waals surface area (Å²) in [5, 5.41) is 9.43. The largest absolute Gasteiger partial charge is 0.481 e. The molecule has 0 aliphatic carbocycles. The SMILES string of the molecule is Cc1cccc(C(=O)N2CCCCC2CC(=O)O)c1Cl. The van der Waals surface area contributed by atoms with E-state index in [1.54, 1.807) is 17.0 Å². The van der Waals surface area contributed by atoms with Crippen LogP contribution in [0.2, 0.25) is 5.02 Å². The van der Waals surface area contributed by atoms with Crippen LogP contribution in [0.25, 0.3) is 0 Å². The molecule has 1 saturated heterocycles. The second-order valence-electron chi connectivity index (χ2n) is 5.18. The molecule has 1 aliphatic rings. The lowest BCUT2D eigenvalue weighted by Gasteiger charge is -2.35. The van der Waals surface area contributed by atoms with Gasteiger partial charge in [-0.15, -0.1) is 0 Å². The Morgan fingerprint density at radius 3 is 2.85 bits per heavy atom. The number of nitrogens with zero attached hydrogens (tertiary/aromatic N) is 1. The maximum atomic E-state index is 12.6. The second-order valence-corrected chi connectivity index (χ2v) is 5.56. The van der Waals surface area contributed by atoms with Gasteiger partial charge in [-0.1, -0.05) is 23.7 Å². The molecular weight excluding hydrogens is 278 g/mol. The van der Waals surface area contributed by atoms with E-state index in [0.717, 1.165) is 24.8 Å². The molecule has 108 valence electrons. The van der Waals surface area contributed by atoms with E-state index < -0.39 is 5.97 Å². The van der Waals surface area contributed by atoms with E-state index in [9.17, 15) is 9.59 Å². The standard InChI is InChI=1S/C15H18ClNO3/c1-10-5-4-7-12(14(10)16)15(20)17-8-3-2-6-11(17)9-13(18)19/h4-5,7,11H,2-3,6,8-9H2,1H3,(H,18,19). The highest BCUT2D eigenvalue weighted by molar-refractivity contribution is 6.34. The van der Waals surface area contributed by atoms with E-state index in [-0.39, 0.29) is 18.4 Å². The first-order valence-electron chi connectivity index (χ1n) is 6.78. The van der Waals surface area contributed by atoms with E-state index in [4.69, 9.17) is 16.7 Å². The highest BCUT2D eigenvalue weighted by Gasteiger charge is 2.30. The third-order valence-electron chi connectivity index (χ3n) is 3.72. The van der Waals surface area contributed by atoms with E-state index in [0.29, 0.717) is 17.1 Å². The smallest absolute Gasteiger partial charge is 0.305 e. The number of hydrogen-bond acceptors (Lipinski definition) is 2. The van der Waals surface area contributed by atoms with Gasteiger partial charge in [0.25, 0.3) is 5.91 Å². The molecule has 1 amide bonds. The summed E-state index contributed by atoms with van der Waals surface area (Å²) in [5.74, 6) is -1.03. The van der Waals surface area contributed by atoms with Crippen LogP contribution >= 0.6 is 11.6 Å². The molecule has 1 atom stereocenters. The molecule has 1 aromatic carbocycles. The van der Waals surface area contributed by atoms with E-state index in [1.807, 2.05) is 13.0 Å². The molecule has 1 aromatic rings. The van der Waals surface area contributed by atoms with Crippen LogP contribution in [0.4, 0.5) is 0 Å². The fourth-order valence-corrected chi connectivity index (χ4v) is 2.86. The van der Waals surface area contributed by atoms with Crippen LogP contribution in [0.1, 0.15) is 41.6 Å². The molecule has 4 nitrogen and oxygen atoms in total. The van der Waals surface area contributed by atoms with Gasteiger partial charge in [-0.05, 0) is 37.8 Å². The summed E-state index contributed by atoms with van der Waals surface area (Å²) in [6.45, 7) is 2.45. The summed E-state index contributed by atoms with van der Waals surface area (Å²) in [5.41, 5.74) is 1.31. The van der Waals surface area contributed by atoms with Crippen molar-refractivity contribution in [1.82, 2.24) is 4.90 Å². The Morgan fingerprint density at radius 1 is 1.40 bits per heavy atom. The zero-order valence-electron chi connectivity index (χ0n) is 11.4. The molecule has 0 spiro atoms. The fourth-order valence-electron chi connectivity index (χ4n) is 2.65. The number of hydrogen-bond donors (Lipinski definition) is 1. The lowest BCUT2D eigenvalue weighted by atomic mass is 9.98. The Bertz CT molecular complexity index is 530. The van der Waals surface area contributed by atoms with Gasteiger partial charge in [0.1, 0.15) is 0 Å². The van der Waals surface area contributed by atoms with E-state index in [2.05, 4.69) is 0 Å². The van der Waals surface area contributed by atoms with Gasteiger partial charge in [-0.2, -0.15) is 0 Å². The minimum atomic E-state index is -0.870. The summed E-state index contributed by atoms with van der Waals surface area (Å²) in [6, 6.07) is 5.11. The van der Waals surface area contributed by atoms with Crippen molar-refractivity contribution in [3.63, 3.8) is 0 Å². The summed E-state index contributed by atoms with van der Waals surface area (Å²) < 4.78 is 0. The Morgan fingerprint density at radius 2 is 2.15 bits per heavy atom. The van der Waals surface area contributed by atoms with Crippen molar-refractivity contribution >= 4 is 23.5 Å². The summed E-state index contributed by atoms with van der Waals surface area (Å²) in [7, 11) is 0. The van der Waals surface area contributed by atoms with Gasteiger partial charge in [0.2, 0.25) is 0 Å². The topological polar surface area (TPSA) is 57.6 Å². The van der Waals surface area contributed by atoms with Crippen molar-refractivity contribution < 1.29 is 14.7 Å². The number of benzene rings is 1. The first-order valence-corrected chi connectivity index (χ1v) is 7.16. The third kappa shape index (κ3) is 3.12. The zero-order valence-corrected chi connectivity index (χ0v) is 12.2. The van der Waals surface area contributed by atoms with E-state index in [1.165, 1.54) is 0 Å². The summed E-state index contributed by atoms with van der Waals surface area (Å²) in [6.07, 6.45) is 2.60. The van der Waals surface area contributed by atoms with Gasteiger partial charge in [-0.3, -0.25) is 9.59 Å². The van der Waals surface area contributed by atoms with Crippen LogP contribution in [0.15, 0.2) is 18.2 Å². The summed E-state index contributed by atoms with van der Waals surface area (Å²) >= 11 is 6.20. The number of aryl methyl sites for hydroxylation is 1. The number of piperidine rings is 1. The minimum Gasteiger partial charge on any atom is -0.481 e. The number of carbonyl (C=O) groups is 2. The number of carboxylic acid groups (broad SMARTS) is 1. The predicted octanol–water partition coefficient (Wildman–Crippen LogP) is 3.12. The molecule has 0 bridgehead atoms. The number of amides is 1. The first kappa shape index (κ1) is 14.9.